The first-order valence-corrected chi connectivity index (χ1v) is 12.8. The van der Waals surface area contributed by atoms with Crippen LogP contribution in [-0.2, 0) is 17.6 Å². The summed E-state index contributed by atoms with van der Waals surface area (Å²) in [7, 11) is 0. The molecule has 178 valence electrons. The van der Waals surface area contributed by atoms with Gasteiger partial charge in [-0.1, -0.05) is 72.7 Å². The van der Waals surface area contributed by atoms with Crippen molar-refractivity contribution in [3.8, 4) is 12.3 Å². The standard InChI is InChI=1S/C33H34O2/c1-3-25-9-11-27(12-10-25)23-28-13-16-30(17-14-28)33(31-20-18-29(19-21-31)24(2)34)32(35)22-15-26-7-5-4-6-8-26/h1,4-12,18-21,28,30,33H,13-17,22-23H2,2H3. The third-order valence-electron chi connectivity index (χ3n) is 7.53. The van der Waals surface area contributed by atoms with Gasteiger partial charge in [0, 0.05) is 23.5 Å². The molecule has 1 saturated carbocycles. The molecule has 3 aromatic rings. The van der Waals surface area contributed by atoms with Crippen molar-refractivity contribution < 1.29 is 9.59 Å². The third kappa shape index (κ3) is 6.58. The van der Waals surface area contributed by atoms with E-state index in [-0.39, 0.29) is 11.7 Å². The first-order chi connectivity index (χ1) is 17.0. The van der Waals surface area contributed by atoms with Crippen LogP contribution in [0, 0.1) is 24.2 Å². The monoisotopic (exact) mass is 462 g/mol. The summed E-state index contributed by atoms with van der Waals surface area (Å²) >= 11 is 0. The first kappa shape index (κ1) is 24.7. The van der Waals surface area contributed by atoms with E-state index in [2.05, 4.69) is 30.2 Å². The lowest BCUT2D eigenvalue weighted by atomic mass is 9.70. The van der Waals surface area contributed by atoms with Crippen LogP contribution in [0.4, 0.5) is 0 Å². The van der Waals surface area contributed by atoms with Gasteiger partial charge in [0.2, 0.25) is 0 Å². The summed E-state index contributed by atoms with van der Waals surface area (Å²) in [5.41, 5.74) is 5.21. The number of Topliss-reactive ketones (excluding diaryl/α,β-unsaturated/α-hetero) is 2. The highest BCUT2D eigenvalue weighted by atomic mass is 16.1. The molecule has 2 nitrogen and oxygen atoms in total. The first-order valence-electron chi connectivity index (χ1n) is 12.8. The zero-order valence-electron chi connectivity index (χ0n) is 20.6. The van der Waals surface area contributed by atoms with E-state index in [0.717, 1.165) is 49.7 Å². The molecule has 0 radical (unpaired) electrons. The predicted molar refractivity (Wildman–Crippen MR) is 142 cm³/mol. The summed E-state index contributed by atoms with van der Waals surface area (Å²) < 4.78 is 0. The second kappa shape index (κ2) is 11.8. The minimum absolute atomic E-state index is 0.0549. The van der Waals surface area contributed by atoms with Crippen molar-refractivity contribution >= 4 is 11.6 Å². The Hall–Kier alpha value is -3.44. The predicted octanol–water partition coefficient (Wildman–Crippen LogP) is 7.21. The van der Waals surface area contributed by atoms with E-state index in [1.165, 1.54) is 11.1 Å². The summed E-state index contributed by atoms with van der Waals surface area (Å²) in [5, 5.41) is 0. The maximum absolute atomic E-state index is 13.6. The van der Waals surface area contributed by atoms with Crippen molar-refractivity contribution in [2.24, 2.45) is 11.8 Å². The number of terminal acetylenes is 1. The Balaban J connectivity index is 1.44. The molecule has 1 unspecified atom stereocenters. The van der Waals surface area contributed by atoms with E-state index in [0.29, 0.717) is 29.6 Å². The zero-order chi connectivity index (χ0) is 24.6. The Morgan fingerprint density at radius 2 is 1.51 bits per heavy atom. The van der Waals surface area contributed by atoms with Crippen LogP contribution >= 0.6 is 0 Å². The van der Waals surface area contributed by atoms with E-state index in [9.17, 15) is 9.59 Å². The van der Waals surface area contributed by atoms with Crippen LogP contribution in [-0.4, -0.2) is 11.6 Å². The van der Waals surface area contributed by atoms with Crippen molar-refractivity contribution in [1.82, 2.24) is 0 Å². The van der Waals surface area contributed by atoms with Crippen molar-refractivity contribution in [1.29, 1.82) is 0 Å². The Kier molecular flexibility index (Phi) is 8.32. The number of ketones is 2. The molecule has 1 fully saturated rings. The van der Waals surface area contributed by atoms with E-state index in [4.69, 9.17) is 6.42 Å². The Bertz CT molecular complexity index is 1160. The SMILES string of the molecule is C#Cc1ccc(CC2CCC(C(C(=O)CCc3ccccc3)c3ccc(C(C)=O)cc3)CC2)cc1. The second-order valence-electron chi connectivity index (χ2n) is 9.93. The minimum atomic E-state index is -0.101. The van der Waals surface area contributed by atoms with E-state index in [1.807, 2.05) is 54.6 Å². The quantitative estimate of drug-likeness (QED) is 0.249. The summed E-state index contributed by atoms with van der Waals surface area (Å²) in [5.74, 6) is 3.94. The average Bonchev–Trinajstić information content (AvgIpc) is 2.90. The molecule has 0 heterocycles. The normalized spacial score (nSPS) is 18.4. The molecular weight excluding hydrogens is 428 g/mol. The van der Waals surface area contributed by atoms with Gasteiger partial charge in [-0.3, -0.25) is 9.59 Å². The third-order valence-corrected chi connectivity index (χ3v) is 7.53. The number of carbonyl (C=O) groups excluding carboxylic acids is 2. The van der Waals surface area contributed by atoms with Crippen molar-refractivity contribution in [3.05, 3.63) is 107 Å². The smallest absolute Gasteiger partial charge is 0.159 e. The largest absolute Gasteiger partial charge is 0.299 e. The van der Waals surface area contributed by atoms with Gasteiger partial charge < -0.3 is 0 Å². The summed E-state index contributed by atoms with van der Waals surface area (Å²) in [6.45, 7) is 1.58. The summed E-state index contributed by atoms with van der Waals surface area (Å²) in [6.07, 6.45) is 12.3. The highest BCUT2D eigenvalue weighted by Crippen LogP contribution is 2.40. The number of benzene rings is 3. The van der Waals surface area contributed by atoms with Gasteiger partial charge in [-0.05, 0) is 86.1 Å². The highest BCUT2D eigenvalue weighted by Gasteiger charge is 2.33. The maximum Gasteiger partial charge on any atom is 0.159 e. The van der Waals surface area contributed by atoms with E-state index in [1.54, 1.807) is 6.92 Å². The zero-order valence-corrected chi connectivity index (χ0v) is 20.6. The Morgan fingerprint density at radius 1 is 0.857 bits per heavy atom. The Labute approximate surface area is 209 Å². The molecule has 2 heteroatoms. The Morgan fingerprint density at radius 3 is 2.11 bits per heavy atom. The van der Waals surface area contributed by atoms with Gasteiger partial charge in [-0.15, -0.1) is 6.42 Å². The molecule has 0 amide bonds. The van der Waals surface area contributed by atoms with Crippen LogP contribution in [0.3, 0.4) is 0 Å². The fraction of sp³-hybridized carbons (Fsp3) is 0.333. The van der Waals surface area contributed by atoms with E-state index < -0.39 is 0 Å². The van der Waals surface area contributed by atoms with E-state index >= 15 is 0 Å². The highest BCUT2D eigenvalue weighted by molar-refractivity contribution is 5.94. The van der Waals surface area contributed by atoms with Gasteiger partial charge in [-0.2, -0.15) is 0 Å². The van der Waals surface area contributed by atoms with Crippen LogP contribution in [0.1, 0.15) is 77.6 Å². The molecule has 1 aliphatic rings. The van der Waals surface area contributed by atoms with Gasteiger partial charge in [0.25, 0.3) is 0 Å². The van der Waals surface area contributed by atoms with Gasteiger partial charge >= 0.3 is 0 Å². The molecular formula is C33H34O2. The fourth-order valence-electron chi connectivity index (χ4n) is 5.51. The molecule has 0 bridgehead atoms. The van der Waals surface area contributed by atoms with Crippen molar-refractivity contribution in [3.63, 3.8) is 0 Å². The molecule has 1 aliphatic carbocycles. The van der Waals surface area contributed by atoms with Crippen molar-refractivity contribution in [2.75, 3.05) is 0 Å². The molecule has 0 spiro atoms. The topological polar surface area (TPSA) is 34.1 Å². The molecule has 0 aromatic heterocycles. The van der Waals surface area contributed by atoms with Crippen LogP contribution in [0.25, 0.3) is 0 Å². The lowest BCUT2D eigenvalue weighted by Gasteiger charge is -2.34. The maximum atomic E-state index is 13.6. The number of hydrogen-bond acceptors (Lipinski definition) is 2. The lowest BCUT2D eigenvalue weighted by Crippen LogP contribution is -2.27. The number of hydrogen-bond donors (Lipinski definition) is 0. The van der Waals surface area contributed by atoms with Crippen LogP contribution in [0.5, 0.6) is 0 Å². The molecule has 1 atom stereocenters. The average molecular weight is 463 g/mol. The molecule has 0 N–H and O–H groups in total. The van der Waals surface area contributed by atoms with Crippen LogP contribution < -0.4 is 0 Å². The molecule has 0 aliphatic heterocycles. The fourth-order valence-corrected chi connectivity index (χ4v) is 5.51. The van der Waals surface area contributed by atoms with Gasteiger partial charge in [0.05, 0.1) is 0 Å². The van der Waals surface area contributed by atoms with Crippen molar-refractivity contribution in [2.45, 2.75) is 57.8 Å². The number of carbonyl (C=O) groups is 2. The van der Waals surface area contributed by atoms with Crippen LogP contribution in [0.15, 0.2) is 78.9 Å². The molecule has 4 rings (SSSR count). The summed E-state index contributed by atoms with van der Waals surface area (Å²) in [6, 6.07) is 26.3. The number of aryl methyl sites for hydroxylation is 1. The van der Waals surface area contributed by atoms with Gasteiger partial charge in [0.1, 0.15) is 5.78 Å². The van der Waals surface area contributed by atoms with Gasteiger partial charge in [0.15, 0.2) is 5.78 Å². The summed E-state index contributed by atoms with van der Waals surface area (Å²) in [4.78, 5) is 25.4. The van der Waals surface area contributed by atoms with Crippen LogP contribution in [0.2, 0.25) is 0 Å². The number of rotatable bonds is 9. The second-order valence-corrected chi connectivity index (χ2v) is 9.93. The minimum Gasteiger partial charge on any atom is -0.299 e. The van der Waals surface area contributed by atoms with Gasteiger partial charge in [-0.25, -0.2) is 0 Å². The molecule has 35 heavy (non-hydrogen) atoms. The molecule has 3 aromatic carbocycles. The lowest BCUT2D eigenvalue weighted by molar-refractivity contribution is -0.122. The molecule has 0 saturated heterocycles.